The van der Waals surface area contributed by atoms with Crippen LogP contribution in [0.3, 0.4) is 0 Å². The summed E-state index contributed by atoms with van der Waals surface area (Å²) in [4.78, 5) is 16.1. The average molecular weight is 393 g/mol. The molecule has 1 aromatic heterocycles. The second kappa shape index (κ2) is 6.64. The molecule has 21 heavy (non-hydrogen) atoms. The molecule has 0 aliphatic carbocycles. The summed E-state index contributed by atoms with van der Waals surface area (Å²) in [7, 11) is 4.40. The van der Waals surface area contributed by atoms with E-state index in [2.05, 4.69) is 25.7 Å². The summed E-state index contributed by atoms with van der Waals surface area (Å²) in [6.07, 6.45) is 0. The molecule has 1 heterocycles. The lowest BCUT2D eigenvalue weighted by atomic mass is 10.2. The fourth-order valence-corrected chi connectivity index (χ4v) is 3.59. The fraction of sp³-hybridized carbons (Fsp3) is 0.231. The van der Waals surface area contributed by atoms with Gasteiger partial charge in [-0.2, -0.15) is 0 Å². The van der Waals surface area contributed by atoms with Crippen molar-refractivity contribution < 1.29 is 19.0 Å². The van der Waals surface area contributed by atoms with Gasteiger partial charge >= 0.3 is 5.97 Å². The number of hydrogen-bond donors (Lipinski definition) is 0. The number of aromatic nitrogens is 1. The number of methoxy groups -OCH3 is 3. The second-order valence-corrected chi connectivity index (χ2v) is 5.94. The smallest absolute Gasteiger partial charge is 0.351 e. The van der Waals surface area contributed by atoms with Gasteiger partial charge in [0.1, 0.15) is 21.0 Å². The van der Waals surface area contributed by atoms with Crippen molar-refractivity contribution in [1.82, 2.24) is 4.98 Å². The molecule has 0 radical (unpaired) electrons. The normalized spacial score (nSPS) is 10.3. The standard InChI is InChI=1S/C13H11BrClNO4S/c1-18-7-5-4-6(9(19-2)8(7)14)12-16-11(15)10(21-12)13(17)20-3/h4-5H,1-3H3. The van der Waals surface area contributed by atoms with Crippen molar-refractivity contribution in [1.29, 1.82) is 0 Å². The van der Waals surface area contributed by atoms with Crippen LogP contribution in [-0.2, 0) is 4.74 Å². The van der Waals surface area contributed by atoms with E-state index in [0.29, 0.717) is 26.5 Å². The molecule has 2 rings (SSSR count). The molecule has 0 aliphatic heterocycles. The Bertz CT molecular complexity index is 689. The van der Waals surface area contributed by atoms with Gasteiger partial charge in [-0.05, 0) is 28.1 Å². The van der Waals surface area contributed by atoms with Gasteiger partial charge in [0.2, 0.25) is 0 Å². The Kier molecular flexibility index (Phi) is 5.08. The molecule has 1 aromatic carbocycles. The highest BCUT2D eigenvalue weighted by molar-refractivity contribution is 9.10. The minimum Gasteiger partial charge on any atom is -0.495 e. The molecule has 0 bridgehead atoms. The van der Waals surface area contributed by atoms with Gasteiger partial charge in [-0.15, -0.1) is 11.3 Å². The number of carbonyl (C=O) groups excluding carboxylic acids is 1. The highest BCUT2D eigenvalue weighted by Crippen LogP contribution is 2.44. The number of nitrogens with zero attached hydrogens (tertiary/aromatic N) is 1. The molecule has 5 nitrogen and oxygen atoms in total. The molecular formula is C13H11BrClNO4S. The maximum Gasteiger partial charge on any atom is 0.351 e. The van der Waals surface area contributed by atoms with E-state index in [0.717, 1.165) is 11.3 Å². The van der Waals surface area contributed by atoms with Crippen molar-refractivity contribution >= 4 is 44.8 Å². The van der Waals surface area contributed by atoms with Crippen molar-refractivity contribution in [2.24, 2.45) is 0 Å². The minimum absolute atomic E-state index is 0.107. The largest absolute Gasteiger partial charge is 0.495 e. The van der Waals surface area contributed by atoms with E-state index in [1.54, 1.807) is 26.4 Å². The lowest BCUT2D eigenvalue weighted by Gasteiger charge is -2.11. The van der Waals surface area contributed by atoms with Crippen LogP contribution in [0, 0.1) is 0 Å². The Hall–Kier alpha value is -1.31. The third-order valence-electron chi connectivity index (χ3n) is 2.67. The molecule has 0 fully saturated rings. The van der Waals surface area contributed by atoms with Gasteiger partial charge in [0.05, 0.1) is 26.9 Å². The summed E-state index contributed by atoms with van der Waals surface area (Å²) in [5, 5.41) is 0.663. The van der Waals surface area contributed by atoms with Crippen LogP contribution in [0.15, 0.2) is 16.6 Å². The maximum atomic E-state index is 11.6. The number of thiazole rings is 1. The van der Waals surface area contributed by atoms with Crippen LogP contribution < -0.4 is 9.47 Å². The van der Waals surface area contributed by atoms with Crippen LogP contribution >= 0.6 is 38.9 Å². The first-order valence-electron chi connectivity index (χ1n) is 5.69. The molecule has 0 unspecified atom stereocenters. The predicted molar refractivity (Wildman–Crippen MR) is 84.7 cm³/mol. The lowest BCUT2D eigenvalue weighted by Crippen LogP contribution is -1.98. The molecule has 0 saturated heterocycles. The summed E-state index contributed by atoms with van der Waals surface area (Å²) in [6, 6.07) is 3.56. The molecule has 8 heteroatoms. The van der Waals surface area contributed by atoms with Crippen molar-refractivity contribution in [3.05, 3.63) is 26.6 Å². The predicted octanol–water partition coefficient (Wildman–Crippen LogP) is 4.03. The zero-order valence-electron chi connectivity index (χ0n) is 11.4. The van der Waals surface area contributed by atoms with E-state index >= 15 is 0 Å². The monoisotopic (exact) mass is 391 g/mol. The van der Waals surface area contributed by atoms with Crippen molar-refractivity contribution in [3.63, 3.8) is 0 Å². The topological polar surface area (TPSA) is 57.7 Å². The van der Waals surface area contributed by atoms with Gasteiger partial charge in [0.15, 0.2) is 10.0 Å². The van der Waals surface area contributed by atoms with Crippen LogP contribution in [-0.4, -0.2) is 32.3 Å². The van der Waals surface area contributed by atoms with Crippen LogP contribution in [0.4, 0.5) is 0 Å². The number of halogens is 2. The maximum absolute atomic E-state index is 11.6. The minimum atomic E-state index is -0.518. The number of rotatable bonds is 4. The van der Waals surface area contributed by atoms with E-state index in [9.17, 15) is 4.79 Å². The Morgan fingerprint density at radius 2 is 2.00 bits per heavy atom. The first-order valence-corrected chi connectivity index (χ1v) is 7.67. The van der Waals surface area contributed by atoms with Crippen LogP contribution in [0.2, 0.25) is 5.15 Å². The summed E-state index contributed by atoms with van der Waals surface area (Å²) in [5.74, 6) is 0.665. The third kappa shape index (κ3) is 3.00. The second-order valence-electron chi connectivity index (χ2n) is 3.79. The molecule has 2 aromatic rings. The van der Waals surface area contributed by atoms with Crippen molar-refractivity contribution in [2.45, 2.75) is 0 Å². The van der Waals surface area contributed by atoms with E-state index in [1.807, 2.05) is 0 Å². The first-order chi connectivity index (χ1) is 10.0. The summed E-state index contributed by atoms with van der Waals surface area (Å²) in [5.41, 5.74) is 0.701. The molecule has 0 aliphatic rings. The SMILES string of the molecule is COC(=O)c1sc(-c2ccc(OC)c(Br)c2OC)nc1Cl. The Morgan fingerprint density at radius 1 is 1.29 bits per heavy atom. The first kappa shape index (κ1) is 16.1. The Morgan fingerprint density at radius 3 is 2.57 bits per heavy atom. The highest BCUT2D eigenvalue weighted by Gasteiger charge is 2.22. The summed E-state index contributed by atoms with van der Waals surface area (Å²) < 4.78 is 15.9. The van der Waals surface area contributed by atoms with Gasteiger partial charge in [-0.3, -0.25) is 0 Å². The highest BCUT2D eigenvalue weighted by atomic mass is 79.9. The molecule has 0 amide bonds. The van der Waals surface area contributed by atoms with Crippen molar-refractivity contribution in [3.8, 4) is 22.1 Å². The number of ether oxygens (including phenoxy) is 3. The Balaban J connectivity index is 2.57. The van der Waals surface area contributed by atoms with Crippen LogP contribution in [0.1, 0.15) is 9.67 Å². The van der Waals surface area contributed by atoms with E-state index in [-0.39, 0.29) is 10.0 Å². The number of benzene rings is 1. The van der Waals surface area contributed by atoms with E-state index in [4.69, 9.17) is 21.1 Å². The van der Waals surface area contributed by atoms with Crippen LogP contribution in [0.5, 0.6) is 11.5 Å². The van der Waals surface area contributed by atoms with Gasteiger partial charge < -0.3 is 14.2 Å². The summed E-state index contributed by atoms with van der Waals surface area (Å²) >= 11 is 10.5. The molecule has 0 atom stereocenters. The summed E-state index contributed by atoms with van der Waals surface area (Å²) in [6.45, 7) is 0. The van der Waals surface area contributed by atoms with Gasteiger partial charge in [-0.25, -0.2) is 9.78 Å². The molecule has 0 N–H and O–H groups in total. The average Bonchev–Trinajstić information content (AvgIpc) is 2.87. The van der Waals surface area contributed by atoms with Crippen molar-refractivity contribution in [2.75, 3.05) is 21.3 Å². The zero-order chi connectivity index (χ0) is 15.6. The molecule has 0 spiro atoms. The molecule has 112 valence electrons. The van der Waals surface area contributed by atoms with Gasteiger partial charge in [-0.1, -0.05) is 11.6 Å². The molecule has 0 saturated carbocycles. The van der Waals surface area contributed by atoms with Gasteiger partial charge in [0.25, 0.3) is 0 Å². The van der Waals surface area contributed by atoms with E-state index < -0.39 is 5.97 Å². The number of hydrogen-bond acceptors (Lipinski definition) is 6. The fourth-order valence-electron chi connectivity index (χ4n) is 1.70. The van der Waals surface area contributed by atoms with E-state index in [1.165, 1.54) is 7.11 Å². The third-order valence-corrected chi connectivity index (χ3v) is 4.88. The Labute approximate surface area is 138 Å². The van der Waals surface area contributed by atoms with Gasteiger partial charge in [0, 0.05) is 0 Å². The lowest BCUT2D eigenvalue weighted by molar-refractivity contribution is 0.0606. The number of carbonyl (C=O) groups is 1. The van der Waals surface area contributed by atoms with Crippen LogP contribution in [0.25, 0.3) is 10.6 Å². The number of esters is 1. The quantitative estimate of drug-likeness (QED) is 0.735. The zero-order valence-corrected chi connectivity index (χ0v) is 14.6. The molecular weight excluding hydrogens is 382 g/mol.